The molecule has 3 nitrogen and oxygen atoms in total. The van der Waals surface area contributed by atoms with E-state index in [0.29, 0.717) is 0 Å². The second-order valence-electron chi connectivity index (χ2n) is 4.25. The summed E-state index contributed by atoms with van der Waals surface area (Å²) in [6.07, 6.45) is -0.435. The standard InChI is InChI=1S/C15H13NO2/c17-15-14(18-12-9-5-2-6-10-12)13(16-15)11-7-3-1-4-8-11/h1-10,13-14H,(H,16,17)/t13-,14-/m0/s1. The van der Waals surface area contributed by atoms with Crippen LogP contribution in [-0.2, 0) is 4.79 Å². The van der Waals surface area contributed by atoms with Crippen molar-refractivity contribution in [2.75, 3.05) is 0 Å². The molecule has 2 aromatic rings. The van der Waals surface area contributed by atoms with E-state index in [1.54, 1.807) is 0 Å². The number of benzene rings is 2. The van der Waals surface area contributed by atoms with Crippen molar-refractivity contribution in [1.82, 2.24) is 5.32 Å². The Morgan fingerprint density at radius 2 is 1.50 bits per heavy atom. The molecule has 2 aromatic carbocycles. The lowest BCUT2D eigenvalue weighted by atomic mass is 9.94. The van der Waals surface area contributed by atoms with Crippen LogP contribution in [0.2, 0.25) is 0 Å². The van der Waals surface area contributed by atoms with Gasteiger partial charge in [-0.2, -0.15) is 0 Å². The lowest BCUT2D eigenvalue weighted by Crippen LogP contribution is -2.58. The summed E-state index contributed by atoms with van der Waals surface area (Å²) in [7, 11) is 0. The summed E-state index contributed by atoms with van der Waals surface area (Å²) in [6.45, 7) is 0. The van der Waals surface area contributed by atoms with Crippen molar-refractivity contribution >= 4 is 5.91 Å². The molecular weight excluding hydrogens is 226 g/mol. The predicted molar refractivity (Wildman–Crippen MR) is 68.2 cm³/mol. The number of nitrogens with one attached hydrogen (secondary N) is 1. The molecule has 3 heteroatoms. The van der Waals surface area contributed by atoms with E-state index in [2.05, 4.69) is 5.32 Å². The summed E-state index contributed by atoms with van der Waals surface area (Å²) < 4.78 is 5.72. The van der Waals surface area contributed by atoms with Crippen LogP contribution in [-0.4, -0.2) is 12.0 Å². The fourth-order valence-electron chi connectivity index (χ4n) is 2.05. The van der Waals surface area contributed by atoms with Crippen LogP contribution >= 0.6 is 0 Å². The van der Waals surface area contributed by atoms with Gasteiger partial charge in [0, 0.05) is 0 Å². The average molecular weight is 239 g/mol. The maximum atomic E-state index is 11.6. The van der Waals surface area contributed by atoms with Crippen LogP contribution in [0.4, 0.5) is 0 Å². The molecule has 1 saturated heterocycles. The van der Waals surface area contributed by atoms with Gasteiger partial charge in [-0.25, -0.2) is 0 Å². The van der Waals surface area contributed by atoms with E-state index in [0.717, 1.165) is 11.3 Å². The van der Waals surface area contributed by atoms with Crippen molar-refractivity contribution in [3.8, 4) is 5.75 Å². The Hall–Kier alpha value is -2.29. The SMILES string of the molecule is O=C1N[C@@H](c2ccccc2)[C@@H]1Oc1ccccc1. The van der Waals surface area contributed by atoms with Gasteiger partial charge in [0.05, 0.1) is 0 Å². The number of para-hydroxylation sites is 1. The van der Waals surface area contributed by atoms with E-state index in [4.69, 9.17) is 4.74 Å². The molecule has 1 fully saturated rings. The number of β-lactam (4-membered cyclic amide) rings is 1. The maximum Gasteiger partial charge on any atom is 0.264 e. The highest BCUT2D eigenvalue weighted by atomic mass is 16.5. The zero-order valence-corrected chi connectivity index (χ0v) is 9.74. The Morgan fingerprint density at radius 3 is 2.11 bits per heavy atom. The quantitative estimate of drug-likeness (QED) is 0.835. The molecule has 1 heterocycles. The van der Waals surface area contributed by atoms with E-state index in [-0.39, 0.29) is 11.9 Å². The number of ether oxygens (including phenoxy) is 1. The monoisotopic (exact) mass is 239 g/mol. The molecule has 0 spiro atoms. The Morgan fingerprint density at radius 1 is 0.889 bits per heavy atom. The molecule has 3 rings (SSSR count). The molecule has 2 atom stereocenters. The molecule has 1 aliphatic rings. The van der Waals surface area contributed by atoms with Crippen molar-refractivity contribution in [2.45, 2.75) is 12.1 Å². The van der Waals surface area contributed by atoms with Crippen molar-refractivity contribution in [3.05, 3.63) is 66.2 Å². The molecule has 0 aromatic heterocycles. The third-order valence-corrected chi connectivity index (χ3v) is 3.02. The van der Waals surface area contributed by atoms with Crippen LogP contribution in [0, 0.1) is 0 Å². The Labute approximate surface area is 105 Å². The van der Waals surface area contributed by atoms with Crippen LogP contribution in [0.1, 0.15) is 11.6 Å². The topological polar surface area (TPSA) is 38.3 Å². The fraction of sp³-hybridized carbons (Fsp3) is 0.133. The molecular formula is C15H13NO2. The number of carbonyl (C=O) groups excluding carboxylic acids is 1. The predicted octanol–water partition coefficient (Wildman–Crippen LogP) is 2.31. The van der Waals surface area contributed by atoms with Gasteiger partial charge in [-0.15, -0.1) is 0 Å². The number of hydrogen-bond donors (Lipinski definition) is 1. The normalized spacial score (nSPS) is 21.9. The van der Waals surface area contributed by atoms with Gasteiger partial charge in [0.1, 0.15) is 11.8 Å². The average Bonchev–Trinajstić information content (AvgIpc) is 2.44. The number of rotatable bonds is 3. The van der Waals surface area contributed by atoms with E-state index in [9.17, 15) is 4.79 Å². The van der Waals surface area contributed by atoms with E-state index >= 15 is 0 Å². The van der Waals surface area contributed by atoms with Crippen LogP contribution in [0.15, 0.2) is 60.7 Å². The minimum atomic E-state index is -0.435. The smallest absolute Gasteiger partial charge is 0.264 e. The van der Waals surface area contributed by atoms with Gasteiger partial charge in [0.15, 0.2) is 0 Å². The Kier molecular flexibility index (Phi) is 2.73. The fourth-order valence-corrected chi connectivity index (χ4v) is 2.05. The summed E-state index contributed by atoms with van der Waals surface area (Å²) in [5.74, 6) is 0.658. The van der Waals surface area contributed by atoms with E-state index in [1.807, 2.05) is 60.7 Å². The summed E-state index contributed by atoms with van der Waals surface area (Å²) in [5, 5.41) is 2.87. The van der Waals surface area contributed by atoms with Gasteiger partial charge in [-0.05, 0) is 17.7 Å². The van der Waals surface area contributed by atoms with Gasteiger partial charge in [0.25, 0.3) is 5.91 Å². The first kappa shape index (κ1) is 10.8. The third-order valence-electron chi connectivity index (χ3n) is 3.02. The molecule has 1 amide bonds. The molecule has 0 unspecified atom stereocenters. The van der Waals surface area contributed by atoms with E-state index < -0.39 is 6.10 Å². The van der Waals surface area contributed by atoms with Crippen molar-refractivity contribution < 1.29 is 9.53 Å². The van der Waals surface area contributed by atoms with Gasteiger partial charge in [-0.3, -0.25) is 4.79 Å². The van der Waals surface area contributed by atoms with Crippen LogP contribution in [0.3, 0.4) is 0 Å². The molecule has 18 heavy (non-hydrogen) atoms. The van der Waals surface area contributed by atoms with Crippen molar-refractivity contribution in [1.29, 1.82) is 0 Å². The highest BCUT2D eigenvalue weighted by molar-refractivity contribution is 5.89. The van der Waals surface area contributed by atoms with Crippen LogP contribution < -0.4 is 10.1 Å². The first-order chi connectivity index (χ1) is 8.84. The molecule has 0 aliphatic carbocycles. The maximum absolute atomic E-state index is 11.6. The van der Waals surface area contributed by atoms with Crippen molar-refractivity contribution in [3.63, 3.8) is 0 Å². The lowest BCUT2D eigenvalue weighted by molar-refractivity contribution is -0.140. The number of amides is 1. The molecule has 1 aliphatic heterocycles. The van der Waals surface area contributed by atoms with Crippen molar-refractivity contribution in [2.24, 2.45) is 0 Å². The highest BCUT2D eigenvalue weighted by Gasteiger charge is 2.42. The molecule has 0 bridgehead atoms. The largest absolute Gasteiger partial charge is 0.478 e. The van der Waals surface area contributed by atoms with Crippen LogP contribution in [0.25, 0.3) is 0 Å². The van der Waals surface area contributed by atoms with E-state index in [1.165, 1.54) is 0 Å². The van der Waals surface area contributed by atoms with Gasteiger partial charge >= 0.3 is 0 Å². The van der Waals surface area contributed by atoms with Gasteiger partial charge in [-0.1, -0.05) is 48.5 Å². The van der Waals surface area contributed by atoms with Gasteiger partial charge < -0.3 is 10.1 Å². The summed E-state index contributed by atoms with van der Waals surface area (Å²) in [5.41, 5.74) is 1.07. The zero-order chi connectivity index (χ0) is 12.4. The van der Waals surface area contributed by atoms with Gasteiger partial charge in [0.2, 0.25) is 6.10 Å². The van der Waals surface area contributed by atoms with Crippen LogP contribution in [0.5, 0.6) is 5.75 Å². The number of hydrogen-bond acceptors (Lipinski definition) is 2. The first-order valence-electron chi connectivity index (χ1n) is 5.91. The highest BCUT2D eigenvalue weighted by Crippen LogP contribution is 2.28. The summed E-state index contributed by atoms with van der Waals surface area (Å²) >= 11 is 0. The molecule has 1 N–H and O–H groups in total. The minimum Gasteiger partial charge on any atom is -0.478 e. The summed E-state index contributed by atoms with van der Waals surface area (Å²) in [4.78, 5) is 11.6. The second kappa shape index (κ2) is 4.53. The molecule has 90 valence electrons. The lowest BCUT2D eigenvalue weighted by Gasteiger charge is -2.36. The third kappa shape index (κ3) is 1.95. The minimum absolute atomic E-state index is 0.0566. The summed E-state index contributed by atoms with van der Waals surface area (Å²) in [6, 6.07) is 19.2. The zero-order valence-electron chi connectivity index (χ0n) is 9.74. The Balaban J connectivity index is 1.77. The first-order valence-corrected chi connectivity index (χ1v) is 5.91. The second-order valence-corrected chi connectivity index (χ2v) is 4.25. The molecule has 0 radical (unpaired) electrons. The molecule has 0 saturated carbocycles. The number of carbonyl (C=O) groups is 1. The Bertz CT molecular complexity index is 539.